The number of benzene rings is 1. The number of carbonyl (C=O) groups excluding carboxylic acids is 1. The molecule has 2 unspecified atom stereocenters. The van der Waals surface area contributed by atoms with E-state index in [1.807, 2.05) is 45.0 Å². The molecular weight excluding hydrogens is 376 g/mol. The van der Waals surface area contributed by atoms with E-state index in [9.17, 15) is 13.2 Å². The van der Waals surface area contributed by atoms with Gasteiger partial charge in [0, 0.05) is 17.6 Å². The molecule has 2 aromatic rings. The van der Waals surface area contributed by atoms with E-state index in [1.165, 1.54) is 0 Å². The Labute approximate surface area is 166 Å². The summed E-state index contributed by atoms with van der Waals surface area (Å²) in [5, 5.41) is 0. The fourth-order valence-corrected chi connectivity index (χ4v) is 5.24. The number of piperidine rings is 1. The zero-order valence-corrected chi connectivity index (χ0v) is 17.8. The Balaban J connectivity index is 1.76. The highest BCUT2D eigenvalue weighted by Crippen LogP contribution is 2.26. The molecule has 1 aliphatic heterocycles. The molecular formula is C21H28N2O4S. The lowest BCUT2D eigenvalue weighted by Gasteiger charge is -2.39. The van der Waals surface area contributed by atoms with Crippen molar-refractivity contribution < 1.29 is 17.6 Å². The van der Waals surface area contributed by atoms with Crippen LogP contribution >= 0.6 is 0 Å². The van der Waals surface area contributed by atoms with Crippen molar-refractivity contribution in [2.24, 2.45) is 0 Å². The van der Waals surface area contributed by atoms with E-state index in [-0.39, 0.29) is 23.7 Å². The van der Waals surface area contributed by atoms with Gasteiger partial charge in [-0.3, -0.25) is 4.79 Å². The first-order valence-corrected chi connectivity index (χ1v) is 11.5. The van der Waals surface area contributed by atoms with E-state index in [2.05, 4.69) is 4.98 Å². The van der Waals surface area contributed by atoms with E-state index < -0.39 is 15.6 Å². The fraction of sp³-hybridized carbons (Fsp3) is 0.524. The maximum atomic E-state index is 12.7. The highest BCUT2D eigenvalue weighted by Gasteiger charge is 2.32. The van der Waals surface area contributed by atoms with Crippen molar-refractivity contribution >= 4 is 15.7 Å². The maximum absolute atomic E-state index is 12.7. The predicted octanol–water partition coefficient (Wildman–Crippen LogP) is 3.66. The topological polar surface area (TPSA) is 80.5 Å². The highest BCUT2D eigenvalue weighted by molar-refractivity contribution is 7.91. The number of aromatic nitrogens is 1. The van der Waals surface area contributed by atoms with Gasteiger partial charge in [0.05, 0.1) is 11.4 Å². The fourth-order valence-electron chi connectivity index (χ4n) is 3.92. The summed E-state index contributed by atoms with van der Waals surface area (Å²) in [7, 11) is -3.65. The molecule has 0 bridgehead atoms. The molecule has 1 aromatic carbocycles. The summed E-state index contributed by atoms with van der Waals surface area (Å²) in [6, 6.07) is 7.80. The third-order valence-corrected chi connectivity index (χ3v) is 6.85. The molecule has 2 heterocycles. The SMILES string of the molecule is Cc1ccccc1-c1nc(CS(=O)(=O)CC(=O)N2C(C)CCCC2C)c(C)o1. The Bertz CT molecular complexity index is 955. The maximum Gasteiger partial charge on any atom is 0.238 e. The normalized spacial score (nSPS) is 20.4. The molecule has 1 aliphatic rings. The zero-order valence-electron chi connectivity index (χ0n) is 16.9. The van der Waals surface area contributed by atoms with Crippen molar-refractivity contribution in [3.8, 4) is 11.5 Å². The van der Waals surface area contributed by atoms with E-state index in [0.717, 1.165) is 30.4 Å². The van der Waals surface area contributed by atoms with Gasteiger partial charge in [-0.25, -0.2) is 13.4 Å². The van der Waals surface area contributed by atoms with Crippen LogP contribution in [0, 0.1) is 13.8 Å². The number of carbonyl (C=O) groups is 1. The summed E-state index contributed by atoms with van der Waals surface area (Å²) >= 11 is 0. The molecule has 6 nitrogen and oxygen atoms in total. The number of likely N-dealkylation sites (tertiary alicyclic amines) is 1. The molecule has 0 spiro atoms. The minimum Gasteiger partial charge on any atom is -0.441 e. The summed E-state index contributed by atoms with van der Waals surface area (Å²) in [5.41, 5.74) is 2.20. The molecule has 0 radical (unpaired) electrons. The average Bonchev–Trinajstić information content (AvgIpc) is 2.94. The Hall–Kier alpha value is -2.15. The van der Waals surface area contributed by atoms with E-state index in [4.69, 9.17) is 4.42 Å². The second-order valence-corrected chi connectivity index (χ2v) is 9.86. The number of oxazole rings is 1. The number of nitrogens with zero attached hydrogens (tertiary/aromatic N) is 2. The molecule has 0 N–H and O–H groups in total. The van der Waals surface area contributed by atoms with E-state index in [1.54, 1.807) is 11.8 Å². The molecule has 0 saturated carbocycles. The molecule has 1 fully saturated rings. The number of rotatable bonds is 5. The van der Waals surface area contributed by atoms with Gasteiger partial charge in [-0.1, -0.05) is 18.2 Å². The van der Waals surface area contributed by atoms with Gasteiger partial charge in [0.15, 0.2) is 9.84 Å². The third kappa shape index (κ3) is 4.46. The van der Waals surface area contributed by atoms with E-state index in [0.29, 0.717) is 17.3 Å². The largest absolute Gasteiger partial charge is 0.441 e. The van der Waals surface area contributed by atoms with Crippen molar-refractivity contribution in [1.29, 1.82) is 0 Å². The monoisotopic (exact) mass is 404 g/mol. The Morgan fingerprint density at radius 2 is 1.82 bits per heavy atom. The summed E-state index contributed by atoms with van der Waals surface area (Å²) < 4.78 is 31.1. The minimum absolute atomic E-state index is 0.0768. The van der Waals surface area contributed by atoms with Gasteiger partial charge in [0.25, 0.3) is 0 Å². The highest BCUT2D eigenvalue weighted by atomic mass is 32.2. The standard InChI is InChI=1S/C21H28N2O4S/c1-14-8-5-6-11-18(14)21-22-19(17(4)27-21)12-28(25,26)13-20(24)23-15(2)9-7-10-16(23)3/h5-6,8,11,15-16H,7,9-10,12-13H2,1-4H3. The minimum atomic E-state index is -3.65. The smallest absolute Gasteiger partial charge is 0.238 e. The molecule has 1 amide bonds. The van der Waals surface area contributed by atoms with Crippen LogP contribution in [0.25, 0.3) is 11.5 Å². The lowest BCUT2D eigenvalue weighted by molar-refractivity contribution is -0.134. The molecule has 2 atom stereocenters. The van der Waals surface area contributed by atoms with E-state index >= 15 is 0 Å². The number of hydrogen-bond donors (Lipinski definition) is 0. The molecule has 1 aromatic heterocycles. The summed E-state index contributed by atoms with van der Waals surface area (Å²) in [6.45, 7) is 7.62. The first-order valence-electron chi connectivity index (χ1n) is 9.72. The Morgan fingerprint density at radius 3 is 2.46 bits per heavy atom. The van der Waals surface area contributed by atoms with Crippen LogP contribution in [-0.2, 0) is 20.4 Å². The predicted molar refractivity (Wildman–Crippen MR) is 109 cm³/mol. The molecule has 3 rings (SSSR count). The third-order valence-electron chi connectivity index (χ3n) is 5.45. The van der Waals surface area contributed by atoms with Crippen LogP contribution in [-0.4, -0.2) is 42.0 Å². The number of amides is 1. The number of aryl methyl sites for hydroxylation is 2. The quantitative estimate of drug-likeness (QED) is 0.760. The van der Waals surface area contributed by atoms with Gasteiger partial charge in [-0.15, -0.1) is 0 Å². The van der Waals surface area contributed by atoms with Gasteiger partial charge >= 0.3 is 0 Å². The van der Waals surface area contributed by atoms with Crippen molar-refractivity contribution in [3.05, 3.63) is 41.3 Å². The first kappa shape index (κ1) is 20.6. The van der Waals surface area contributed by atoms with Gasteiger partial charge in [-0.2, -0.15) is 0 Å². The molecule has 0 aliphatic carbocycles. The molecule has 28 heavy (non-hydrogen) atoms. The van der Waals surface area contributed by atoms with Gasteiger partial charge < -0.3 is 9.32 Å². The second kappa shape index (κ2) is 8.07. The van der Waals surface area contributed by atoms with Gasteiger partial charge in [0.1, 0.15) is 11.5 Å². The van der Waals surface area contributed by atoms with Crippen molar-refractivity contribution in [3.63, 3.8) is 0 Å². The van der Waals surface area contributed by atoms with Crippen LogP contribution in [0.5, 0.6) is 0 Å². The zero-order chi connectivity index (χ0) is 20.5. The lowest BCUT2D eigenvalue weighted by Crippen LogP contribution is -2.49. The van der Waals surface area contributed by atoms with Crippen LogP contribution in [0.2, 0.25) is 0 Å². The Morgan fingerprint density at radius 1 is 1.18 bits per heavy atom. The van der Waals surface area contributed by atoms with Crippen LogP contribution in [0.4, 0.5) is 0 Å². The molecule has 1 saturated heterocycles. The number of hydrogen-bond acceptors (Lipinski definition) is 5. The summed E-state index contributed by atoms with van der Waals surface area (Å²) in [6.07, 6.45) is 2.90. The van der Waals surface area contributed by atoms with Crippen LogP contribution < -0.4 is 0 Å². The van der Waals surface area contributed by atoms with Crippen LogP contribution in [0.15, 0.2) is 28.7 Å². The van der Waals surface area contributed by atoms with Gasteiger partial charge in [0.2, 0.25) is 11.8 Å². The van der Waals surface area contributed by atoms with Crippen molar-refractivity contribution in [2.75, 3.05) is 5.75 Å². The van der Waals surface area contributed by atoms with Gasteiger partial charge in [-0.05, 0) is 58.6 Å². The number of sulfone groups is 1. The van der Waals surface area contributed by atoms with Crippen LogP contribution in [0.1, 0.15) is 50.1 Å². The van der Waals surface area contributed by atoms with Crippen LogP contribution in [0.3, 0.4) is 0 Å². The average molecular weight is 405 g/mol. The molecule has 152 valence electrons. The van der Waals surface area contributed by atoms with Crippen molar-refractivity contribution in [1.82, 2.24) is 9.88 Å². The molecule has 7 heteroatoms. The second-order valence-electron chi connectivity index (χ2n) is 7.80. The lowest BCUT2D eigenvalue weighted by atomic mass is 9.98. The summed E-state index contributed by atoms with van der Waals surface area (Å²) in [4.78, 5) is 18.8. The van der Waals surface area contributed by atoms with Crippen molar-refractivity contribution in [2.45, 2.75) is 64.8 Å². The first-order chi connectivity index (χ1) is 13.2. The Kier molecular flexibility index (Phi) is 5.93. The summed E-state index contributed by atoms with van der Waals surface area (Å²) in [5.74, 6) is -0.233.